The number of aryl methyl sites for hydroxylation is 1. The number of carbonyl (C=O) groups is 1. The number of carbonyl (C=O) groups excluding carboxylic acids is 1. The molecular formula is C27H30FN5O2. The van der Waals surface area contributed by atoms with E-state index in [4.69, 9.17) is 10.1 Å². The van der Waals surface area contributed by atoms with Crippen LogP contribution in [0.15, 0.2) is 48.7 Å². The predicted octanol–water partition coefficient (Wildman–Crippen LogP) is 4.76. The van der Waals surface area contributed by atoms with Crippen LogP contribution in [0.3, 0.4) is 0 Å². The molecular weight excluding hydrogens is 445 g/mol. The number of benzene rings is 2. The summed E-state index contributed by atoms with van der Waals surface area (Å²) in [6.07, 6.45) is 5.07. The van der Waals surface area contributed by atoms with Gasteiger partial charge in [0.25, 0.3) is 5.91 Å². The second-order valence-corrected chi connectivity index (χ2v) is 8.47. The fourth-order valence-corrected chi connectivity index (χ4v) is 4.28. The van der Waals surface area contributed by atoms with Crippen molar-refractivity contribution in [1.82, 2.24) is 15.6 Å². The Morgan fingerprint density at radius 2 is 1.97 bits per heavy atom. The van der Waals surface area contributed by atoms with E-state index in [-0.39, 0.29) is 17.5 Å². The Labute approximate surface area is 204 Å². The molecule has 1 aliphatic heterocycles. The molecule has 0 saturated carbocycles. The molecule has 4 rings (SSSR count). The first kappa shape index (κ1) is 24.3. The molecule has 1 aromatic heterocycles. The van der Waals surface area contributed by atoms with E-state index < -0.39 is 5.82 Å². The quantitative estimate of drug-likeness (QED) is 0.352. The van der Waals surface area contributed by atoms with E-state index in [1.807, 2.05) is 19.1 Å². The molecule has 2 aromatic carbocycles. The van der Waals surface area contributed by atoms with Gasteiger partial charge >= 0.3 is 0 Å². The van der Waals surface area contributed by atoms with Gasteiger partial charge in [-0.15, -0.1) is 0 Å². The molecule has 0 atom stereocenters. The third-order valence-electron chi connectivity index (χ3n) is 6.17. The Hall–Kier alpha value is -3.78. The number of nitrogens with one attached hydrogen (secondary N) is 4. The van der Waals surface area contributed by atoms with E-state index in [9.17, 15) is 4.79 Å². The molecule has 1 fully saturated rings. The zero-order valence-electron chi connectivity index (χ0n) is 20.0. The lowest BCUT2D eigenvalue weighted by molar-refractivity contribution is 0.0924. The Morgan fingerprint density at radius 3 is 2.69 bits per heavy atom. The van der Waals surface area contributed by atoms with E-state index in [1.54, 1.807) is 37.5 Å². The molecule has 1 aliphatic rings. The van der Waals surface area contributed by atoms with Gasteiger partial charge in [0, 0.05) is 54.4 Å². The summed E-state index contributed by atoms with van der Waals surface area (Å²) in [6.45, 7) is 3.60. The lowest BCUT2D eigenvalue weighted by Crippen LogP contribution is -2.43. The summed E-state index contributed by atoms with van der Waals surface area (Å²) in [5.74, 6) is 0.227. The Balaban J connectivity index is 1.58. The average molecular weight is 476 g/mol. The molecule has 0 aliphatic carbocycles. The predicted molar refractivity (Wildman–Crippen MR) is 136 cm³/mol. The van der Waals surface area contributed by atoms with Crippen LogP contribution in [0.5, 0.6) is 11.5 Å². The van der Waals surface area contributed by atoms with Crippen LogP contribution in [0.1, 0.15) is 41.3 Å². The number of hydrogen-bond acceptors (Lipinski definition) is 6. The molecule has 1 amide bonds. The lowest BCUT2D eigenvalue weighted by Gasteiger charge is -2.24. The van der Waals surface area contributed by atoms with E-state index >= 15 is 4.39 Å². The van der Waals surface area contributed by atoms with E-state index in [0.717, 1.165) is 37.2 Å². The van der Waals surface area contributed by atoms with Crippen LogP contribution in [0.25, 0.3) is 11.3 Å². The van der Waals surface area contributed by atoms with Gasteiger partial charge in [-0.1, -0.05) is 6.92 Å². The lowest BCUT2D eigenvalue weighted by atomic mass is 9.97. The summed E-state index contributed by atoms with van der Waals surface area (Å²) in [5, 5.41) is 16.8. The van der Waals surface area contributed by atoms with Crippen LogP contribution in [0, 0.1) is 11.2 Å². The Kier molecular flexibility index (Phi) is 7.72. The van der Waals surface area contributed by atoms with Gasteiger partial charge in [-0.3, -0.25) is 9.78 Å². The maximum atomic E-state index is 15.2. The molecule has 0 bridgehead atoms. The van der Waals surface area contributed by atoms with Gasteiger partial charge in [-0.2, -0.15) is 0 Å². The zero-order chi connectivity index (χ0) is 24.8. The summed E-state index contributed by atoms with van der Waals surface area (Å²) in [7, 11) is 1.78. The molecule has 182 valence electrons. The number of hydrogen-bond donors (Lipinski definition) is 4. The maximum Gasteiger partial charge on any atom is 0.254 e. The Bertz CT molecular complexity index is 1220. The number of pyridine rings is 1. The van der Waals surface area contributed by atoms with Crippen molar-refractivity contribution in [3.63, 3.8) is 0 Å². The number of amides is 1. The van der Waals surface area contributed by atoms with Crippen LogP contribution in [-0.2, 0) is 6.42 Å². The first-order chi connectivity index (χ1) is 17.0. The van der Waals surface area contributed by atoms with Crippen molar-refractivity contribution in [1.29, 1.82) is 5.41 Å². The second-order valence-electron chi connectivity index (χ2n) is 8.47. The summed E-state index contributed by atoms with van der Waals surface area (Å²) in [5.41, 5.74) is 3.40. The third kappa shape index (κ3) is 5.66. The van der Waals surface area contributed by atoms with Crippen LogP contribution in [0.4, 0.5) is 10.1 Å². The number of rotatable bonds is 8. The topological polar surface area (TPSA) is 99.1 Å². The number of ether oxygens (including phenoxy) is 1. The summed E-state index contributed by atoms with van der Waals surface area (Å²) in [4.78, 5) is 17.3. The van der Waals surface area contributed by atoms with Gasteiger partial charge in [0.1, 0.15) is 17.3 Å². The summed E-state index contributed by atoms with van der Waals surface area (Å²) in [6, 6.07) is 12.1. The van der Waals surface area contributed by atoms with Gasteiger partial charge in [0.2, 0.25) is 0 Å². The van der Waals surface area contributed by atoms with Crippen LogP contribution in [-0.4, -0.2) is 43.3 Å². The second kappa shape index (κ2) is 11.1. The normalized spacial score (nSPS) is 13.8. The summed E-state index contributed by atoms with van der Waals surface area (Å²) >= 11 is 0. The van der Waals surface area contributed by atoms with Crippen molar-refractivity contribution < 1.29 is 13.9 Å². The largest absolute Gasteiger partial charge is 0.457 e. The van der Waals surface area contributed by atoms with Gasteiger partial charge in [-0.05, 0) is 68.2 Å². The number of nitrogens with zero attached hydrogens (tertiary/aromatic N) is 1. The number of anilines is 1. The highest BCUT2D eigenvalue weighted by atomic mass is 19.1. The van der Waals surface area contributed by atoms with Crippen molar-refractivity contribution in [3.8, 4) is 22.8 Å². The van der Waals surface area contributed by atoms with E-state index in [1.165, 1.54) is 12.3 Å². The highest BCUT2D eigenvalue weighted by molar-refractivity contribution is 5.97. The minimum Gasteiger partial charge on any atom is -0.457 e. The van der Waals surface area contributed by atoms with Crippen molar-refractivity contribution in [2.45, 2.75) is 32.2 Å². The Morgan fingerprint density at radius 1 is 1.20 bits per heavy atom. The van der Waals surface area contributed by atoms with Gasteiger partial charge < -0.3 is 26.1 Å². The first-order valence-electron chi connectivity index (χ1n) is 11.8. The molecule has 7 nitrogen and oxygen atoms in total. The number of halogens is 1. The van der Waals surface area contributed by atoms with Crippen molar-refractivity contribution in [2.24, 2.45) is 0 Å². The fraction of sp³-hybridized carbons (Fsp3) is 0.296. The molecule has 1 saturated heterocycles. The number of aromatic nitrogens is 1. The molecule has 8 heteroatoms. The fourth-order valence-electron chi connectivity index (χ4n) is 4.28. The van der Waals surface area contributed by atoms with Crippen LogP contribution in [0.2, 0.25) is 0 Å². The molecule has 0 radical (unpaired) electrons. The highest BCUT2D eigenvalue weighted by Crippen LogP contribution is 2.30. The monoisotopic (exact) mass is 475 g/mol. The van der Waals surface area contributed by atoms with Crippen molar-refractivity contribution in [2.75, 3.05) is 25.5 Å². The average Bonchev–Trinajstić information content (AvgIpc) is 2.88. The van der Waals surface area contributed by atoms with Gasteiger partial charge in [0.05, 0.1) is 11.3 Å². The molecule has 0 unspecified atom stereocenters. The summed E-state index contributed by atoms with van der Waals surface area (Å²) < 4.78 is 21.2. The number of piperidine rings is 1. The molecule has 4 N–H and O–H groups in total. The first-order valence-corrected chi connectivity index (χ1v) is 11.8. The van der Waals surface area contributed by atoms with Gasteiger partial charge in [0.15, 0.2) is 0 Å². The van der Waals surface area contributed by atoms with E-state index in [0.29, 0.717) is 34.7 Å². The standard InChI is InChI=1S/C27H30FN5O2/c1-3-17-12-19(13-23(28)26(17)27(34)33-20-6-9-31-10-7-20)25-15-22(8-11-32-25)35-21-5-4-18(16-29)24(14-21)30-2/h4-5,8,11-16,20,29-31H,3,6-7,9-10H2,1-2H3,(H,33,34). The minimum atomic E-state index is -0.556. The zero-order valence-corrected chi connectivity index (χ0v) is 20.0. The third-order valence-corrected chi connectivity index (χ3v) is 6.17. The van der Waals surface area contributed by atoms with Crippen LogP contribution >= 0.6 is 0 Å². The van der Waals surface area contributed by atoms with Gasteiger partial charge in [-0.25, -0.2) is 4.39 Å². The van der Waals surface area contributed by atoms with E-state index in [2.05, 4.69) is 20.9 Å². The highest BCUT2D eigenvalue weighted by Gasteiger charge is 2.22. The smallest absolute Gasteiger partial charge is 0.254 e. The van der Waals surface area contributed by atoms with Crippen molar-refractivity contribution in [3.05, 3.63) is 71.2 Å². The molecule has 3 aromatic rings. The molecule has 35 heavy (non-hydrogen) atoms. The minimum absolute atomic E-state index is 0.0551. The van der Waals surface area contributed by atoms with Crippen LogP contribution < -0.4 is 20.7 Å². The van der Waals surface area contributed by atoms with Crippen molar-refractivity contribution >= 4 is 17.8 Å². The SMILES string of the molecule is CCc1cc(-c2cc(Oc3ccc(C=N)c(NC)c3)ccn2)cc(F)c1C(=O)NC1CCNCC1. The molecule has 2 heterocycles. The maximum absolute atomic E-state index is 15.2. The molecule has 0 spiro atoms.